The van der Waals surface area contributed by atoms with Crippen molar-refractivity contribution < 1.29 is 4.74 Å². The molecule has 1 aliphatic rings. The SMILES string of the molecule is CCOc1cc(N2CC[C@H](N(C)C)[C@H]2C)ncn1. The van der Waals surface area contributed by atoms with Crippen LogP contribution in [-0.2, 0) is 0 Å². The molecule has 0 bridgehead atoms. The van der Waals surface area contributed by atoms with E-state index in [1.165, 1.54) is 6.42 Å². The predicted molar refractivity (Wildman–Crippen MR) is 72.1 cm³/mol. The molecule has 0 radical (unpaired) electrons. The van der Waals surface area contributed by atoms with E-state index in [0.717, 1.165) is 12.4 Å². The maximum atomic E-state index is 5.43. The fourth-order valence-corrected chi connectivity index (χ4v) is 2.65. The van der Waals surface area contributed by atoms with E-state index in [2.05, 4.69) is 40.8 Å². The van der Waals surface area contributed by atoms with Crippen molar-refractivity contribution in [2.24, 2.45) is 0 Å². The molecule has 18 heavy (non-hydrogen) atoms. The summed E-state index contributed by atoms with van der Waals surface area (Å²) in [5, 5.41) is 0. The van der Waals surface area contributed by atoms with E-state index in [4.69, 9.17) is 4.74 Å². The van der Waals surface area contributed by atoms with Crippen molar-refractivity contribution >= 4 is 5.82 Å². The highest BCUT2D eigenvalue weighted by Crippen LogP contribution is 2.27. The molecule has 0 saturated carbocycles. The van der Waals surface area contributed by atoms with Crippen LogP contribution in [0.2, 0.25) is 0 Å². The Kier molecular flexibility index (Phi) is 4.01. The van der Waals surface area contributed by atoms with Gasteiger partial charge in [-0.05, 0) is 34.4 Å². The normalized spacial score (nSPS) is 23.7. The van der Waals surface area contributed by atoms with Crippen molar-refractivity contribution in [1.29, 1.82) is 0 Å². The van der Waals surface area contributed by atoms with Crippen molar-refractivity contribution in [2.75, 3.05) is 32.1 Å². The van der Waals surface area contributed by atoms with Gasteiger partial charge in [0.2, 0.25) is 5.88 Å². The third-order valence-electron chi connectivity index (χ3n) is 3.59. The minimum absolute atomic E-state index is 0.462. The summed E-state index contributed by atoms with van der Waals surface area (Å²) in [7, 11) is 4.27. The van der Waals surface area contributed by atoms with E-state index in [0.29, 0.717) is 24.6 Å². The Bertz CT molecular complexity index is 396. The van der Waals surface area contributed by atoms with Crippen LogP contribution >= 0.6 is 0 Å². The molecule has 1 saturated heterocycles. The van der Waals surface area contributed by atoms with Gasteiger partial charge in [0.1, 0.15) is 12.1 Å². The molecule has 5 heteroatoms. The van der Waals surface area contributed by atoms with Gasteiger partial charge >= 0.3 is 0 Å². The Hall–Kier alpha value is -1.36. The molecule has 5 nitrogen and oxygen atoms in total. The fraction of sp³-hybridized carbons (Fsp3) is 0.692. The largest absolute Gasteiger partial charge is 0.478 e. The Morgan fingerprint density at radius 3 is 2.83 bits per heavy atom. The molecular formula is C13H22N4O. The maximum absolute atomic E-state index is 5.43. The van der Waals surface area contributed by atoms with Gasteiger partial charge in [0.05, 0.1) is 6.61 Å². The lowest BCUT2D eigenvalue weighted by atomic mass is 10.1. The molecule has 2 rings (SSSR count). The third-order valence-corrected chi connectivity index (χ3v) is 3.59. The molecule has 1 aromatic rings. The van der Waals surface area contributed by atoms with Crippen LogP contribution in [0, 0.1) is 0 Å². The van der Waals surface area contributed by atoms with E-state index in [9.17, 15) is 0 Å². The minimum Gasteiger partial charge on any atom is -0.478 e. The second-order valence-electron chi connectivity index (χ2n) is 4.90. The van der Waals surface area contributed by atoms with E-state index in [-0.39, 0.29) is 0 Å². The zero-order valence-electron chi connectivity index (χ0n) is 11.6. The molecule has 0 amide bonds. The minimum atomic E-state index is 0.462. The molecule has 0 aliphatic carbocycles. The van der Waals surface area contributed by atoms with Gasteiger partial charge in [-0.15, -0.1) is 0 Å². The first-order valence-electron chi connectivity index (χ1n) is 6.51. The third kappa shape index (κ3) is 2.56. The molecule has 1 aliphatic heterocycles. The van der Waals surface area contributed by atoms with Crippen molar-refractivity contribution in [3.05, 3.63) is 12.4 Å². The fourth-order valence-electron chi connectivity index (χ4n) is 2.65. The van der Waals surface area contributed by atoms with Crippen LogP contribution in [0.3, 0.4) is 0 Å². The lowest BCUT2D eigenvalue weighted by molar-refractivity contribution is 0.282. The summed E-state index contributed by atoms with van der Waals surface area (Å²) in [6.45, 7) is 5.88. The summed E-state index contributed by atoms with van der Waals surface area (Å²) in [6, 6.07) is 2.97. The van der Waals surface area contributed by atoms with Crippen LogP contribution in [-0.4, -0.2) is 54.2 Å². The molecule has 100 valence electrons. The summed E-state index contributed by atoms with van der Waals surface area (Å²) in [5.74, 6) is 1.62. The summed E-state index contributed by atoms with van der Waals surface area (Å²) < 4.78 is 5.43. The van der Waals surface area contributed by atoms with Crippen molar-refractivity contribution in [1.82, 2.24) is 14.9 Å². The summed E-state index contributed by atoms with van der Waals surface area (Å²) in [5.41, 5.74) is 0. The predicted octanol–water partition coefficient (Wildman–Crippen LogP) is 1.40. The highest BCUT2D eigenvalue weighted by molar-refractivity contribution is 5.43. The topological polar surface area (TPSA) is 41.5 Å². The lowest BCUT2D eigenvalue weighted by Gasteiger charge is -2.29. The van der Waals surface area contributed by atoms with E-state index < -0.39 is 0 Å². The summed E-state index contributed by atoms with van der Waals surface area (Å²) >= 11 is 0. The van der Waals surface area contributed by atoms with Gasteiger partial charge in [0.25, 0.3) is 0 Å². The van der Waals surface area contributed by atoms with Gasteiger partial charge in [0.15, 0.2) is 0 Å². The van der Waals surface area contributed by atoms with Crippen LogP contribution < -0.4 is 9.64 Å². The average Bonchev–Trinajstić information content (AvgIpc) is 2.72. The lowest BCUT2D eigenvalue weighted by Crippen LogP contribution is -2.40. The monoisotopic (exact) mass is 250 g/mol. The van der Waals surface area contributed by atoms with Crippen LogP contribution in [0.25, 0.3) is 0 Å². The number of aromatic nitrogens is 2. The van der Waals surface area contributed by atoms with E-state index >= 15 is 0 Å². The van der Waals surface area contributed by atoms with Gasteiger partial charge in [-0.25, -0.2) is 9.97 Å². The number of nitrogens with zero attached hydrogens (tertiary/aromatic N) is 4. The molecule has 0 aromatic carbocycles. The quantitative estimate of drug-likeness (QED) is 0.808. The number of anilines is 1. The number of likely N-dealkylation sites (N-methyl/N-ethyl adjacent to an activating group) is 1. The van der Waals surface area contributed by atoms with Gasteiger partial charge < -0.3 is 14.5 Å². The highest BCUT2D eigenvalue weighted by atomic mass is 16.5. The van der Waals surface area contributed by atoms with E-state index in [1.807, 2.05) is 13.0 Å². The van der Waals surface area contributed by atoms with Crippen LogP contribution in [0.4, 0.5) is 5.82 Å². The molecule has 0 unspecified atom stereocenters. The van der Waals surface area contributed by atoms with Gasteiger partial charge in [-0.2, -0.15) is 0 Å². The van der Waals surface area contributed by atoms with Gasteiger partial charge in [-0.1, -0.05) is 0 Å². The van der Waals surface area contributed by atoms with Crippen molar-refractivity contribution in [2.45, 2.75) is 32.4 Å². The van der Waals surface area contributed by atoms with Gasteiger partial charge in [-0.3, -0.25) is 0 Å². The van der Waals surface area contributed by atoms with Crippen LogP contribution in [0.5, 0.6) is 5.88 Å². The van der Waals surface area contributed by atoms with E-state index in [1.54, 1.807) is 6.33 Å². The number of ether oxygens (including phenoxy) is 1. The molecule has 0 N–H and O–H groups in total. The standard InChI is InChI=1S/C13H22N4O/c1-5-18-13-8-12(14-9-15-13)17-7-6-11(10(17)2)16(3)4/h8-11H,5-7H2,1-4H3/t10-,11+/m1/s1. The first-order chi connectivity index (χ1) is 8.63. The maximum Gasteiger partial charge on any atom is 0.218 e. The molecule has 1 fully saturated rings. The zero-order chi connectivity index (χ0) is 13.1. The van der Waals surface area contributed by atoms with Crippen LogP contribution in [0.15, 0.2) is 12.4 Å². The smallest absolute Gasteiger partial charge is 0.218 e. The first-order valence-corrected chi connectivity index (χ1v) is 6.51. The molecule has 0 spiro atoms. The van der Waals surface area contributed by atoms with Gasteiger partial charge in [0, 0.05) is 24.7 Å². The molecule has 2 heterocycles. The number of rotatable bonds is 4. The Labute approximate surface area is 109 Å². The van der Waals surface area contributed by atoms with Crippen LogP contribution in [0.1, 0.15) is 20.3 Å². The number of hydrogen-bond donors (Lipinski definition) is 0. The molecular weight excluding hydrogens is 228 g/mol. The summed E-state index contributed by atoms with van der Waals surface area (Å²) in [4.78, 5) is 13.1. The highest BCUT2D eigenvalue weighted by Gasteiger charge is 2.32. The Balaban J connectivity index is 2.14. The molecule has 1 aromatic heterocycles. The zero-order valence-corrected chi connectivity index (χ0v) is 11.6. The Morgan fingerprint density at radius 2 is 2.22 bits per heavy atom. The second kappa shape index (κ2) is 5.52. The second-order valence-corrected chi connectivity index (χ2v) is 4.90. The molecule has 2 atom stereocenters. The number of hydrogen-bond acceptors (Lipinski definition) is 5. The first kappa shape index (κ1) is 13.1. The van der Waals surface area contributed by atoms with Crippen molar-refractivity contribution in [3.8, 4) is 5.88 Å². The Morgan fingerprint density at radius 1 is 1.44 bits per heavy atom. The van der Waals surface area contributed by atoms with Crippen molar-refractivity contribution in [3.63, 3.8) is 0 Å². The average molecular weight is 250 g/mol. The summed E-state index contributed by atoms with van der Waals surface area (Å²) in [6.07, 6.45) is 2.75.